The molecular formula is C15H24N2OS. The van der Waals surface area contributed by atoms with Crippen molar-refractivity contribution in [3.63, 3.8) is 0 Å². The SMILES string of the molecule is CCCNC(=O)CCNC(C)c1ccc(SC)cc1. The Balaban J connectivity index is 2.30. The fraction of sp³-hybridized carbons (Fsp3) is 0.533. The van der Waals surface area contributed by atoms with Gasteiger partial charge in [-0.25, -0.2) is 0 Å². The maximum atomic E-state index is 11.4. The van der Waals surface area contributed by atoms with Crippen LogP contribution in [0, 0.1) is 0 Å². The van der Waals surface area contributed by atoms with E-state index in [0.29, 0.717) is 13.0 Å². The van der Waals surface area contributed by atoms with Gasteiger partial charge in [-0.05, 0) is 37.3 Å². The molecular weight excluding hydrogens is 256 g/mol. The van der Waals surface area contributed by atoms with E-state index in [0.717, 1.165) is 13.0 Å². The van der Waals surface area contributed by atoms with Gasteiger partial charge >= 0.3 is 0 Å². The molecule has 1 aromatic carbocycles. The highest BCUT2D eigenvalue weighted by Crippen LogP contribution is 2.18. The van der Waals surface area contributed by atoms with Gasteiger partial charge in [-0.2, -0.15) is 0 Å². The molecule has 1 aromatic rings. The van der Waals surface area contributed by atoms with Gasteiger partial charge in [0.05, 0.1) is 0 Å². The highest BCUT2D eigenvalue weighted by atomic mass is 32.2. The van der Waals surface area contributed by atoms with Crippen molar-refractivity contribution >= 4 is 17.7 Å². The van der Waals surface area contributed by atoms with Crippen molar-refractivity contribution in [3.8, 4) is 0 Å². The summed E-state index contributed by atoms with van der Waals surface area (Å²) in [7, 11) is 0. The molecule has 19 heavy (non-hydrogen) atoms. The van der Waals surface area contributed by atoms with Crippen molar-refractivity contribution in [1.82, 2.24) is 10.6 Å². The van der Waals surface area contributed by atoms with E-state index in [1.54, 1.807) is 11.8 Å². The fourth-order valence-corrected chi connectivity index (χ4v) is 2.17. The summed E-state index contributed by atoms with van der Waals surface area (Å²) in [5.74, 6) is 0.124. The summed E-state index contributed by atoms with van der Waals surface area (Å²) in [6, 6.07) is 8.81. The lowest BCUT2D eigenvalue weighted by Crippen LogP contribution is -2.29. The Morgan fingerprint density at radius 3 is 2.53 bits per heavy atom. The van der Waals surface area contributed by atoms with E-state index in [9.17, 15) is 4.79 Å². The first-order chi connectivity index (χ1) is 9.17. The van der Waals surface area contributed by atoms with Crippen molar-refractivity contribution in [3.05, 3.63) is 29.8 Å². The van der Waals surface area contributed by atoms with Crippen LogP contribution >= 0.6 is 11.8 Å². The molecule has 1 unspecified atom stereocenters. The average molecular weight is 280 g/mol. The third kappa shape index (κ3) is 6.12. The molecule has 4 heteroatoms. The molecule has 0 saturated carbocycles. The van der Waals surface area contributed by atoms with Crippen LogP contribution in [0.4, 0.5) is 0 Å². The van der Waals surface area contributed by atoms with Gasteiger partial charge in [0.2, 0.25) is 5.91 Å². The predicted molar refractivity (Wildman–Crippen MR) is 82.6 cm³/mol. The highest BCUT2D eigenvalue weighted by Gasteiger charge is 2.06. The van der Waals surface area contributed by atoms with Gasteiger partial charge < -0.3 is 10.6 Å². The van der Waals surface area contributed by atoms with Gasteiger partial charge in [-0.3, -0.25) is 4.79 Å². The van der Waals surface area contributed by atoms with Crippen LogP contribution < -0.4 is 10.6 Å². The van der Waals surface area contributed by atoms with E-state index < -0.39 is 0 Å². The highest BCUT2D eigenvalue weighted by molar-refractivity contribution is 7.98. The number of benzene rings is 1. The van der Waals surface area contributed by atoms with Crippen LogP contribution in [0.15, 0.2) is 29.2 Å². The lowest BCUT2D eigenvalue weighted by Gasteiger charge is -2.14. The van der Waals surface area contributed by atoms with Crippen LogP contribution in [0.1, 0.15) is 38.3 Å². The van der Waals surface area contributed by atoms with Crippen molar-refractivity contribution in [2.75, 3.05) is 19.3 Å². The van der Waals surface area contributed by atoms with Crippen LogP contribution in [0.3, 0.4) is 0 Å². The first-order valence-electron chi connectivity index (χ1n) is 6.81. The number of amides is 1. The third-order valence-electron chi connectivity index (χ3n) is 2.99. The number of hydrogen-bond acceptors (Lipinski definition) is 3. The summed E-state index contributed by atoms with van der Waals surface area (Å²) in [6.07, 6.45) is 3.59. The second kappa shape index (κ2) is 8.99. The van der Waals surface area contributed by atoms with E-state index in [-0.39, 0.29) is 11.9 Å². The Labute approximate surface area is 120 Å². The first-order valence-corrected chi connectivity index (χ1v) is 8.04. The molecule has 1 atom stereocenters. The number of carbonyl (C=O) groups excluding carboxylic acids is 1. The Bertz CT molecular complexity index is 378. The van der Waals surface area contributed by atoms with Crippen LogP contribution in [0.25, 0.3) is 0 Å². The minimum Gasteiger partial charge on any atom is -0.356 e. The standard InChI is InChI=1S/C15H24N2OS/c1-4-10-17-15(18)9-11-16-12(2)13-5-7-14(19-3)8-6-13/h5-8,12,16H,4,9-11H2,1-3H3,(H,17,18). The number of hydrogen-bond donors (Lipinski definition) is 2. The van der Waals surface area contributed by atoms with Crippen molar-refractivity contribution in [1.29, 1.82) is 0 Å². The molecule has 1 rings (SSSR count). The van der Waals surface area contributed by atoms with E-state index in [4.69, 9.17) is 0 Å². The molecule has 0 aliphatic rings. The van der Waals surface area contributed by atoms with Crippen molar-refractivity contribution in [2.24, 2.45) is 0 Å². The van der Waals surface area contributed by atoms with E-state index in [1.165, 1.54) is 10.5 Å². The van der Waals surface area contributed by atoms with Gasteiger partial charge in [0.15, 0.2) is 0 Å². The zero-order valence-corrected chi connectivity index (χ0v) is 12.8. The van der Waals surface area contributed by atoms with Crippen LogP contribution in [0.2, 0.25) is 0 Å². The largest absolute Gasteiger partial charge is 0.356 e. The Morgan fingerprint density at radius 1 is 1.26 bits per heavy atom. The van der Waals surface area contributed by atoms with Crippen LogP contribution in [0.5, 0.6) is 0 Å². The third-order valence-corrected chi connectivity index (χ3v) is 3.73. The van der Waals surface area contributed by atoms with Crippen molar-refractivity contribution < 1.29 is 4.79 Å². The smallest absolute Gasteiger partial charge is 0.221 e. The number of rotatable bonds is 8. The Morgan fingerprint density at radius 2 is 1.95 bits per heavy atom. The van der Waals surface area contributed by atoms with Crippen LogP contribution in [-0.4, -0.2) is 25.3 Å². The van der Waals surface area contributed by atoms with Gasteiger partial charge in [0, 0.05) is 30.4 Å². The Hall–Kier alpha value is -1.00. The van der Waals surface area contributed by atoms with Gasteiger partial charge in [-0.15, -0.1) is 11.8 Å². The molecule has 0 heterocycles. The lowest BCUT2D eigenvalue weighted by atomic mass is 10.1. The quantitative estimate of drug-likeness (QED) is 0.719. The summed E-state index contributed by atoms with van der Waals surface area (Å²) in [4.78, 5) is 12.7. The van der Waals surface area contributed by atoms with E-state index >= 15 is 0 Å². The van der Waals surface area contributed by atoms with Crippen LogP contribution in [-0.2, 0) is 4.79 Å². The topological polar surface area (TPSA) is 41.1 Å². The van der Waals surface area contributed by atoms with Crippen molar-refractivity contribution in [2.45, 2.75) is 37.6 Å². The molecule has 1 amide bonds. The summed E-state index contributed by atoms with van der Waals surface area (Å²) >= 11 is 1.75. The maximum absolute atomic E-state index is 11.4. The predicted octanol–water partition coefficient (Wildman–Crippen LogP) is 2.98. The van der Waals surface area contributed by atoms with Gasteiger partial charge in [0.1, 0.15) is 0 Å². The summed E-state index contributed by atoms with van der Waals surface area (Å²) < 4.78 is 0. The average Bonchev–Trinajstić information content (AvgIpc) is 2.45. The number of carbonyl (C=O) groups is 1. The second-order valence-corrected chi connectivity index (χ2v) is 5.43. The maximum Gasteiger partial charge on any atom is 0.221 e. The monoisotopic (exact) mass is 280 g/mol. The minimum absolute atomic E-state index is 0.124. The molecule has 3 nitrogen and oxygen atoms in total. The molecule has 0 saturated heterocycles. The molecule has 0 aliphatic heterocycles. The molecule has 0 bridgehead atoms. The first kappa shape index (κ1) is 16.1. The van der Waals surface area contributed by atoms with E-state index in [2.05, 4.69) is 55.0 Å². The number of thioether (sulfide) groups is 1. The molecule has 0 aliphatic carbocycles. The molecule has 0 spiro atoms. The summed E-state index contributed by atoms with van der Waals surface area (Å²) in [6.45, 7) is 5.66. The molecule has 0 radical (unpaired) electrons. The zero-order valence-electron chi connectivity index (χ0n) is 12.0. The lowest BCUT2D eigenvalue weighted by molar-refractivity contribution is -0.121. The van der Waals surface area contributed by atoms with Gasteiger partial charge in [-0.1, -0.05) is 19.1 Å². The Kier molecular flexibility index (Phi) is 7.60. The molecule has 106 valence electrons. The number of nitrogens with one attached hydrogen (secondary N) is 2. The molecule has 0 aromatic heterocycles. The zero-order chi connectivity index (χ0) is 14.1. The fourth-order valence-electron chi connectivity index (χ4n) is 1.77. The molecule has 0 fully saturated rings. The van der Waals surface area contributed by atoms with E-state index in [1.807, 2.05) is 0 Å². The van der Waals surface area contributed by atoms with Gasteiger partial charge in [0.25, 0.3) is 0 Å². The summed E-state index contributed by atoms with van der Waals surface area (Å²) in [5.41, 5.74) is 1.26. The second-order valence-electron chi connectivity index (χ2n) is 4.55. The normalized spacial score (nSPS) is 12.2. The minimum atomic E-state index is 0.124. The summed E-state index contributed by atoms with van der Waals surface area (Å²) in [5, 5.41) is 6.26. The molecule has 2 N–H and O–H groups in total.